The van der Waals surface area contributed by atoms with Crippen molar-refractivity contribution >= 4 is 12.0 Å². The number of rotatable bonds is 4. The van der Waals surface area contributed by atoms with Crippen molar-refractivity contribution in [1.29, 1.82) is 0 Å². The average molecular weight is 290 g/mol. The first-order chi connectivity index (χ1) is 9.92. The van der Waals surface area contributed by atoms with E-state index in [1.165, 1.54) is 5.56 Å². The lowest BCUT2D eigenvalue weighted by Crippen LogP contribution is -2.42. The van der Waals surface area contributed by atoms with E-state index in [1.54, 1.807) is 11.8 Å². The van der Waals surface area contributed by atoms with Gasteiger partial charge in [-0.25, -0.2) is 4.79 Å². The summed E-state index contributed by atoms with van der Waals surface area (Å²) >= 11 is 0. The Morgan fingerprint density at radius 3 is 2.62 bits per heavy atom. The van der Waals surface area contributed by atoms with Crippen LogP contribution in [0.1, 0.15) is 31.7 Å². The van der Waals surface area contributed by atoms with Gasteiger partial charge in [0.2, 0.25) is 0 Å². The summed E-state index contributed by atoms with van der Waals surface area (Å²) < 4.78 is 0. The van der Waals surface area contributed by atoms with Crippen LogP contribution in [0.4, 0.5) is 4.79 Å². The largest absolute Gasteiger partial charge is 0.481 e. The third-order valence-electron chi connectivity index (χ3n) is 4.20. The van der Waals surface area contributed by atoms with Crippen LogP contribution in [0.3, 0.4) is 0 Å². The van der Waals surface area contributed by atoms with Crippen LogP contribution in [0.15, 0.2) is 30.3 Å². The van der Waals surface area contributed by atoms with Crippen LogP contribution in [0.25, 0.3) is 0 Å². The van der Waals surface area contributed by atoms with Crippen LogP contribution >= 0.6 is 0 Å². The average Bonchev–Trinajstić information content (AvgIpc) is 2.89. The normalized spacial score (nSPS) is 22.9. The molecule has 2 atom stereocenters. The highest BCUT2D eigenvalue weighted by molar-refractivity contribution is 5.79. The minimum absolute atomic E-state index is 0.178. The van der Waals surface area contributed by atoms with Crippen molar-refractivity contribution in [3.05, 3.63) is 35.9 Å². The lowest BCUT2D eigenvalue weighted by Gasteiger charge is -2.21. The van der Waals surface area contributed by atoms with E-state index in [1.807, 2.05) is 30.3 Å². The van der Waals surface area contributed by atoms with Gasteiger partial charge in [0.25, 0.3) is 0 Å². The Balaban J connectivity index is 1.85. The lowest BCUT2D eigenvalue weighted by molar-refractivity contribution is -0.146. The fraction of sp³-hybridized carbons (Fsp3) is 0.500. The highest BCUT2D eigenvalue weighted by Crippen LogP contribution is 2.30. The number of hydrogen-bond acceptors (Lipinski definition) is 2. The summed E-state index contributed by atoms with van der Waals surface area (Å²) in [5.41, 5.74) is 0.358. The zero-order valence-electron chi connectivity index (χ0n) is 12.5. The molecule has 0 aromatic heterocycles. The van der Waals surface area contributed by atoms with E-state index in [2.05, 4.69) is 12.2 Å². The number of urea groups is 1. The first-order valence-corrected chi connectivity index (χ1v) is 7.23. The molecule has 114 valence electrons. The molecule has 0 spiro atoms. The predicted molar refractivity (Wildman–Crippen MR) is 80.2 cm³/mol. The van der Waals surface area contributed by atoms with Gasteiger partial charge < -0.3 is 15.3 Å². The number of aliphatic carboxylic acids is 1. The van der Waals surface area contributed by atoms with E-state index in [0.717, 1.165) is 0 Å². The third-order valence-corrected chi connectivity index (χ3v) is 4.20. The zero-order chi connectivity index (χ0) is 15.5. The van der Waals surface area contributed by atoms with Crippen molar-refractivity contribution in [2.45, 2.75) is 26.2 Å². The van der Waals surface area contributed by atoms with Crippen molar-refractivity contribution in [3.63, 3.8) is 0 Å². The number of carbonyl (C=O) groups is 2. The van der Waals surface area contributed by atoms with Gasteiger partial charge in [-0.05, 0) is 24.8 Å². The van der Waals surface area contributed by atoms with Crippen LogP contribution in [0.2, 0.25) is 0 Å². The smallest absolute Gasteiger partial charge is 0.317 e. The van der Waals surface area contributed by atoms with Crippen molar-refractivity contribution in [2.24, 2.45) is 5.41 Å². The lowest BCUT2D eigenvalue weighted by atomic mass is 9.90. The maximum atomic E-state index is 12.1. The summed E-state index contributed by atoms with van der Waals surface area (Å²) in [5, 5.41) is 12.1. The van der Waals surface area contributed by atoms with Crippen molar-refractivity contribution in [1.82, 2.24) is 10.2 Å². The standard InChI is InChI=1S/C16H22N2O3/c1-12(13-6-4-3-5-7-13)10-17-15(21)18-9-8-16(2,11-18)14(19)20/h3-7,12H,8-11H2,1-2H3,(H,17,21)(H,19,20). The number of hydrogen-bond donors (Lipinski definition) is 2. The van der Waals surface area contributed by atoms with Gasteiger partial charge in [-0.3, -0.25) is 4.79 Å². The first-order valence-electron chi connectivity index (χ1n) is 7.23. The molecule has 5 heteroatoms. The van der Waals surface area contributed by atoms with E-state index in [9.17, 15) is 14.7 Å². The molecule has 0 bridgehead atoms. The molecule has 21 heavy (non-hydrogen) atoms. The van der Waals surface area contributed by atoms with Crippen LogP contribution in [0, 0.1) is 5.41 Å². The highest BCUT2D eigenvalue weighted by Gasteiger charge is 2.42. The number of likely N-dealkylation sites (tertiary alicyclic amines) is 1. The molecule has 0 aliphatic carbocycles. The fourth-order valence-corrected chi connectivity index (χ4v) is 2.56. The second kappa shape index (κ2) is 6.16. The summed E-state index contributed by atoms with van der Waals surface area (Å²) in [6.45, 7) is 5.06. The molecule has 1 aromatic rings. The van der Waals surface area contributed by atoms with Gasteiger partial charge in [0, 0.05) is 19.6 Å². The number of nitrogens with one attached hydrogen (secondary N) is 1. The molecule has 5 nitrogen and oxygen atoms in total. The topological polar surface area (TPSA) is 69.6 Å². The number of nitrogens with zero attached hydrogens (tertiary/aromatic N) is 1. The Morgan fingerprint density at radius 1 is 1.38 bits per heavy atom. The summed E-state index contributed by atoms with van der Waals surface area (Å²) in [6.07, 6.45) is 0.504. The number of benzene rings is 1. The SMILES string of the molecule is CC(CNC(=O)N1CCC(C)(C(=O)O)C1)c1ccccc1. The maximum Gasteiger partial charge on any atom is 0.317 e. The number of carbonyl (C=O) groups excluding carboxylic acids is 1. The van der Waals surface area contributed by atoms with Crippen LogP contribution < -0.4 is 5.32 Å². The fourth-order valence-electron chi connectivity index (χ4n) is 2.56. The quantitative estimate of drug-likeness (QED) is 0.894. The summed E-state index contributed by atoms with van der Waals surface area (Å²) in [6, 6.07) is 9.82. The van der Waals surface area contributed by atoms with Crippen LogP contribution in [-0.4, -0.2) is 41.6 Å². The molecule has 0 radical (unpaired) electrons. The zero-order valence-corrected chi connectivity index (χ0v) is 12.5. The minimum atomic E-state index is -0.838. The molecule has 1 fully saturated rings. The molecular weight excluding hydrogens is 268 g/mol. The maximum absolute atomic E-state index is 12.1. The van der Waals surface area contributed by atoms with Crippen LogP contribution in [-0.2, 0) is 4.79 Å². The highest BCUT2D eigenvalue weighted by atomic mass is 16.4. The van der Waals surface area contributed by atoms with Crippen molar-refractivity contribution < 1.29 is 14.7 Å². The summed E-state index contributed by atoms with van der Waals surface area (Å²) in [5.74, 6) is -0.612. The van der Waals surface area contributed by atoms with Gasteiger partial charge in [0.15, 0.2) is 0 Å². The van der Waals surface area contributed by atoms with E-state index in [0.29, 0.717) is 19.5 Å². The molecular formula is C16H22N2O3. The van der Waals surface area contributed by atoms with E-state index >= 15 is 0 Å². The monoisotopic (exact) mass is 290 g/mol. The molecule has 0 saturated carbocycles. The second-order valence-electron chi connectivity index (χ2n) is 6.04. The van der Waals surface area contributed by atoms with Gasteiger partial charge in [-0.1, -0.05) is 37.3 Å². The molecule has 1 heterocycles. The van der Waals surface area contributed by atoms with E-state index < -0.39 is 11.4 Å². The Bertz CT molecular complexity index is 518. The first kappa shape index (κ1) is 15.4. The molecule has 2 unspecified atom stereocenters. The molecule has 2 amide bonds. The van der Waals surface area contributed by atoms with Gasteiger partial charge in [-0.2, -0.15) is 0 Å². The molecule has 2 N–H and O–H groups in total. The number of carboxylic acids is 1. The molecule has 2 rings (SSSR count). The number of amides is 2. The van der Waals surface area contributed by atoms with Crippen molar-refractivity contribution in [3.8, 4) is 0 Å². The molecule has 1 aliphatic rings. The molecule has 1 saturated heterocycles. The van der Waals surface area contributed by atoms with Gasteiger partial charge >= 0.3 is 12.0 Å². The Labute approximate surface area is 125 Å². The Morgan fingerprint density at radius 2 is 2.05 bits per heavy atom. The van der Waals surface area contributed by atoms with Gasteiger partial charge in [0.1, 0.15) is 0 Å². The third kappa shape index (κ3) is 3.54. The van der Waals surface area contributed by atoms with E-state index in [-0.39, 0.29) is 18.5 Å². The molecule has 1 aliphatic heterocycles. The van der Waals surface area contributed by atoms with Crippen LogP contribution in [0.5, 0.6) is 0 Å². The summed E-state index contributed by atoms with van der Waals surface area (Å²) in [4.78, 5) is 24.9. The van der Waals surface area contributed by atoms with Gasteiger partial charge in [0.05, 0.1) is 5.41 Å². The van der Waals surface area contributed by atoms with Gasteiger partial charge in [-0.15, -0.1) is 0 Å². The molecule has 1 aromatic carbocycles. The Hall–Kier alpha value is -2.04. The van der Waals surface area contributed by atoms with Crippen molar-refractivity contribution in [2.75, 3.05) is 19.6 Å². The number of carboxylic acid groups (broad SMARTS) is 1. The second-order valence-corrected chi connectivity index (χ2v) is 6.04. The predicted octanol–water partition coefficient (Wildman–Crippen LogP) is 2.30. The Kier molecular flexibility index (Phi) is 4.50. The summed E-state index contributed by atoms with van der Waals surface area (Å²) in [7, 11) is 0. The minimum Gasteiger partial charge on any atom is -0.481 e. The van der Waals surface area contributed by atoms with E-state index in [4.69, 9.17) is 0 Å².